The van der Waals surface area contributed by atoms with Gasteiger partial charge in [0.15, 0.2) is 0 Å². The quantitative estimate of drug-likeness (QED) is 0.858. The highest BCUT2D eigenvalue weighted by Crippen LogP contribution is 2.37. The van der Waals surface area contributed by atoms with Gasteiger partial charge in [-0.3, -0.25) is 0 Å². The van der Waals surface area contributed by atoms with Gasteiger partial charge in [-0.15, -0.1) is 0 Å². The van der Waals surface area contributed by atoms with Gasteiger partial charge in [-0.25, -0.2) is 0 Å². The van der Waals surface area contributed by atoms with Gasteiger partial charge in [0, 0.05) is 17.1 Å². The molecule has 0 bridgehead atoms. The van der Waals surface area contributed by atoms with E-state index < -0.39 is 0 Å². The van der Waals surface area contributed by atoms with Gasteiger partial charge in [0.2, 0.25) is 0 Å². The standard InChI is InChI=1S/C17H26ClNO2/c1-3-13-6-8-17(12-19,9-7-13)21-11-14-10-15(18)4-5-16(14)20-2/h4-5,10,13H,3,6-9,11-12,19H2,1-2H3. The van der Waals surface area contributed by atoms with Crippen LogP contribution in [0, 0.1) is 5.92 Å². The van der Waals surface area contributed by atoms with Crippen LogP contribution in [0.2, 0.25) is 5.02 Å². The van der Waals surface area contributed by atoms with Gasteiger partial charge in [-0.2, -0.15) is 0 Å². The van der Waals surface area contributed by atoms with E-state index in [1.165, 1.54) is 19.3 Å². The highest BCUT2D eigenvalue weighted by atomic mass is 35.5. The number of nitrogens with two attached hydrogens (primary N) is 1. The molecule has 118 valence electrons. The summed E-state index contributed by atoms with van der Waals surface area (Å²) < 4.78 is 11.6. The summed E-state index contributed by atoms with van der Waals surface area (Å²) in [4.78, 5) is 0. The van der Waals surface area contributed by atoms with Crippen LogP contribution in [0.4, 0.5) is 0 Å². The molecule has 0 radical (unpaired) electrons. The van der Waals surface area contributed by atoms with Gasteiger partial charge in [0.1, 0.15) is 5.75 Å². The Hall–Kier alpha value is -0.770. The smallest absolute Gasteiger partial charge is 0.124 e. The number of hydrogen-bond donors (Lipinski definition) is 1. The van der Waals surface area contributed by atoms with Crippen LogP contribution in [0.3, 0.4) is 0 Å². The fourth-order valence-corrected chi connectivity index (χ4v) is 3.30. The van der Waals surface area contributed by atoms with Crippen molar-refractivity contribution in [2.75, 3.05) is 13.7 Å². The number of ether oxygens (including phenoxy) is 2. The molecule has 0 heterocycles. The lowest BCUT2D eigenvalue weighted by atomic mass is 9.77. The summed E-state index contributed by atoms with van der Waals surface area (Å²) in [5.74, 6) is 1.64. The summed E-state index contributed by atoms with van der Waals surface area (Å²) in [5.41, 5.74) is 6.81. The molecule has 0 amide bonds. The van der Waals surface area contributed by atoms with Crippen molar-refractivity contribution in [2.45, 2.75) is 51.2 Å². The SMILES string of the molecule is CCC1CCC(CN)(OCc2cc(Cl)ccc2OC)CC1. The summed E-state index contributed by atoms with van der Waals surface area (Å²) in [7, 11) is 1.66. The maximum atomic E-state index is 6.23. The van der Waals surface area contributed by atoms with Crippen molar-refractivity contribution in [2.24, 2.45) is 11.7 Å². The molecule has 0 saturated heterocycles. The number of halogens is 1. The zero-order valence-electron chi connectivity index (χ0n) is 13.0. The summed E-state index contributed by atoms with van der Waals surface area (Å²) >= 11 is 6.07. The Balaban J connectivity index is 2.02. The lowest BCUT2D eigenvalue weighted by molar-refractivity contribution is -0.0817. The second kappa shape index (κ2) is 7.48. The largest absolute Gasteiger partial charge is 0.496 e. The Morgan fingerprint density at radius 2 is 2.05 bits per heavy atom. The van der Waals surface area contributed by atoms with Crippen LogP contribution in [-0.2, 0) is 11.3 Å². The predicted octanol–water partition coefficient (Wildman–Crippen LogP) is 4.16. The molecule has 2 rings (SSSR count). The maximum Gasteiger partial charge on any atom is 0.124 e. The highest BCUT2D eigenvalue weighted by Gasteiger charge is 2.34. The fraction of sp³-hybridized carbons (Fsp3) is 0.647. The molecule has 0 unspecified atom stereocenters. The normalized spacial score (nSPS) is 25.8. The minimum absolute atomic E-state index is 0.182. The minimum atomic E-state index is -0.182. The number of rotatable bonds is 6. The van der Waals surface area contributed by atoms with E-state index in [4.69, 9.17) is 26.8 Å². The lowest BCUT2D eigenvalue weighted by Gasteiger charge is -2.39. The Labute approximate surface area is 132 Å². The van der Waals surface area contributed by atoms with Crippen molar-refractivity contribution in [3.8, 4) is 5.75 Å². The third-order valence-corrected chi connectivity index (χ3v) is 4.98. The molecular weight excluding hydrogens is 286 g/mol. The van der Waals surface area contributed by atoms with Crippen LogP contribution in [-0.4, -0.2) is 19.3 Å². The van der Waals surface area contributed by atoms with Crippen molar-refractivity contribution >= 4 is 11.6 Å². The molecule has 1 aliphatic rings. The van der Waals surface area contributed by atoms with Crippen LogP contribution in [0.1, 0.15) is 44.6 Å². The molecule has 0 atom stereocenters. The Morgan fingerprint density at radius 1 is 1.33 bits per heavy atom. The van der Waals surface area contributed by atoms with Gasteiger partial charge in [0.05, 0.1) is 19.3 Å². The van der Waals surface area contributed by atoms with Crippen molar-refractivity contribution in [3.63, 3.8) is 0 Å². The molecule has 0 aromatic heterocycles. The average molecular weight is 312 g/mol. The second-order valence-corrected chi connectivity index (χ2v) is 6.42. The third-order valence-electron chi connectivity index (χ3n) is 4.74. The van der Waals surface area contributed by atoms with E-state index in [9.17, 15) is 0 Å². The molecule has 21 heavy (non-hydrogen) atoms. The minimum Gasteiger partial charge on any atom is -0.496 e. The monoisotopic (exact) mass is 311 g/mol. The molecule has 3 nitrogen and oxygen atoms in total. The molecular formula is C17H26ClNO2. The van der Waals surface area contributed by atoms with E-state index in [1.807, 2.05) is 18.2 Å². The number of methoxy groups -OCH3 is 1. The lowest BCUT2D eigenvalue weighted by Crippen LogP contribution is -2.43. The Bertz CT molecular complexity index is 456. The summed E-state index contributed by atoms with van der Waals surface area (Å²) in [6.07, 6.45) is 5.76. The number of hydrogen-bond acceptors (Lipinski definition) is 3. The summed E-state index contributed by atoms with van der Waals surface area (Å²) in [6.45, 7) is 3.34. The average Bonchev–Trinajstić information content (AvgIpc) is 2.53. The molecule has 1 aliphatic carbocycles. The van der Waals surface area contributed by atoms with Crippen molar-refractivity contribution in [1.82, 2.24) is 0 Å². The maximum absolute atomic E-state index is 6.23. The van der Waals surface area contributed by atoms with E-state index in [0.717, 1.165) is 30.1 Å². The van der Waals surface area contributed by atoms with E-state index in [1.54, 1.807) is 7.11 Å². The van der Waals surface area contributed by atoms with Crippen LogP contribution < -0.4 is 10.5 Å². The van der Waals surface area contributed by atoms with Gasteiger partial charge in [-0.05, 0) is 49.8 Å². The first-order chi connectivity index (χ1) is 10.1. The van der Waals surface area contributed by atoms with Crippen LogP contribution in [0.25, 0.3) is 0 Å². The summed E-state index contributed by atoms with van der Waals surface area (Å²) in [5, 5.41) is 0.700. The van der Waals surface area contributed by atoms with Crippen LogP contribution >= 0.6 is 11.6 Å². The number of benzene rings is 1. The molecule has 4 heteroatoms. The van der Waals surface area contributed by atoms with Crippen molar-refractivity contribution in [1.29, 1.82) is 0 Å². The van der Waals surface area contributed by atoms with Gasteiger partial charge >= 0.3 is 0 Å². The zero-order valence-corrected chi connectivity index (χ0v) is 13.8. The third kappa shape index (κ3) is 4.12. The molecule has 1 saturated carbocycles. The molecule has 0 aliphatic heterocycles. The predicted molar refractivity (Wildman–Crippen MR) is 86.8 cm³/mol. The van der Waals surface area contributed by atoms with Gasteiger partial charge in [-0.1, -0.05) is 24.9 Å². The topological polar surface area (TPSA) is 44.5 Å². The first kappa shape index (κ1) is 16.6. The van der Waals surface area contributed by atoms with Crippen molar-refractivity contribution < 1.29 is 9.47 Å². The van der Waals surface area contributed by atoms with E-state index in [0.29, 0.717) is 18.2 Å². The van der Waals surface area contributed by atoms with Gasteiger partial charge in [0.25, 0.3) is 0 Å². The van der Waals surface area contributed by atoms with E-state index >= 15 is 0 Å². The van der Waals surface area contributed by atoms with E-state index in [-0.39, 0.29) is 5.60 Å². The fourth-order valence-electron chi connectivity index (χ4n) is 3.11. The van der Waals surface area contributed by atoms with Crippen molar-refractivity contribution in [3.05, 3.63) is 28.8 Å². The highest BCUT2D eigenvalue weighted by molar-refractivity contribution is 6.30. The molecule has 2 N–H and O–H groups in total. The summed E-state index contributed by atoms with van der Waals surface area (Å²) in [6, 6.07) is 5.61. The zero-order chi connectivity index (χ0) is 15.3. The first-order valence-corrected chi connectivity index (χ1v) is 8.16. The Kier molecular flexibility index (Phi) is 5.91. The second-order valence-electron chi connectivity index (χ2n) is 5.98. The Morgan fingerprint density at radius 3 is 2.62 bits per heavy atom. The van der Waals surface area contributed by atoms with Crippen LogP contribution in [0.5, 0.6) is 5.75 Å². The first-order valence-electron chi connectivity index (χ1n) is 7.79. The molecule has 0 spiro atoms. The molecule has 1 aromatic carbocycles. The van der Waals surface area contributed by atoms with Gasteiger partial charge < -0.3 is 15.2 Å². The molecule has 1 fully saturated rings. The van der Waals surface area contributed by atoms with E-state index in [2.05, 4.69) is 6.92 Å². The molecule has 1 aromatic rings. The van der Waals surface area contributed by atoms with Crippen LogP contribution in [0.15, 0.2) is 18.2 Å².